The van der Waals surface area contributed by atoms with Crippen LogP contribution in [0.3, 0.4) is 0 Å². The van der Waals surface area contributed by atoms with E-state index >= 15 is 0 Å². The second kappa shape index (κ2) is 8.13. The number of carbonyl (C=O) groups is 2. The molecular weight excluding hydrogens is 340 g/mol. The van der Waals surface area contributed by atoms with Crippen molar-refractivity contribution in [2.45, 2.75) is 13.3 Å². The first-order chi connectivity index (χ1) is 12.0. The Morgan fingerprint density at radius 3 is 2.64 bits per heavy atom. The van der Waals surface area contributed by atoms with Gasteiger partial charge in [-0.15, -0.1) is 11.3 Å². The van der Waals surface area contributed by atoms with Gasteiger partial charge in [0.2, 0.25) is 5.91 Å². The summed E-state index contributed by atoms with van der Waals surface area (Å²) in [5, 5.41) is 20.9. The van der Waals surface area contributed by atoms with Gasteiger partial charge in [0.05, 0.1) is 6.07 Å². The van der Waals surface area contributed by atoms with Gasteiger partial charge in [-0.3, -0.25) is 4.79 Å². The van der Waals surface area contributed by atoms with Crippen LogP contribution in [0.25, 0.3) is 11.1 Å². The fraction of sp³-hybridized carbons (Fsp3) is 0.167. The molecule has 0 unspecified atom stereocenters. The molecule has 1 aromatic heterocycles. The van der Waals surface area contributed by atoms with E-state index in [-0.39, 0.29) is 17.0 Å². The SMILES string of the molecule is C=CCOc1ccc(-c2c(C)sc(NC(=O)CC#N)c2C(=O)O)cc1. The zero-order valence-electron chi connectivity index (χ0n) is 13.5. The van der Waals surface area contributed by atoms with Gasteiger partial charge in [0.25, 0.3) is 0 Å². The van der Waals surface area contributed by atoms with Gasteiger partial charge in [-0.05, 0) is 24.6 Å². The Morgan fingerprint density at radius 1 is 1.40 bits per heavy atom. The van der Waals surface area contributed by atoms with Crippen LogP contribution in [-0.4, -0.2) is 23.6 Å². The first-order valence-electron chi connectivity index (χ1n) is 7.35. The normalized spacial score (nSPS) is 9.92. The minimum absolute atomic E-state index is 0.0218. The molecule has 1 amide bonds. The van der Waals surface area contributed by atoms with Gasteiger partial charge in [0.15, 0.2) is 0 Å². The van der Waals surface area contributed by atoms with Crippen molar-refractivity contribution in [3.8, 4) is 22.9 Å². The number of carboxylic acid groups (broad SMARTS) is 1. The highest BCUT2D eigenvalue weighted by Crippen LogP contribution is 2.40. The van der Waals surface area contributed by atoms with Gasteiger partial charge in [-0.25, -0.2) is 4.79 Å². The zero-order chi connectivity index (χ0) is 18.4. The molecular formula is C18H16N2O4S. The monoisotopic (exact) mass is 356 g/mol. The van der Waals surface area contributed by atoms with Crippen molar-refractivity contribution in [1.82, 2.24) is 0 Å². The Bertz CT molecular complexity index is 847. The summed E-state index contributed by atoms with van der Waals surface area (Å²) in [7, 11) is 0. The quantitative estimate of drug-likeness (QED) is 0.734. The highest BCUT2D eigenvalue weighted by Gasteiger charge is 2.24. The van der Waals surface area contributed by atoms with Gasteiger partial charge in [-0.2, -0.15) is 5.26 Å². The Balaban J connectivity index is 2.42. The van der Waals surface area contributed by atoms with Gasteiger partial charge in [0, 0.05) is 10.4 Å². The van der Waals surface area contributed by atoms with Crippen molar-refractivity contribution in [3.63, 3.8) is 0 Å². The van der Waals surface area contributed by atoms with Crippen LogP contribution >= 0.6 is 11.3 Å². The average molecular weight is 356 g/mol. The second-order valence-electron chi connectivity index (χ2n) is 5.05. The molecule has 0 aliphatic rings. The summed E-state index contributed by atoms with van der Waals surface area (Å²) in [6.07, 6.45) is 1.30. The lowest BCUT2D eigenvalue weighted by Gasteiger charge is -2.07. The number of benzene rings is 1. The Kier molecular flexibility index (Phi) is 5.93. The number of aryl methyl sites for hydroxylation is 1. The number of amides is 1. The Morgan fingerprint density at radius 2 is 2.08 bits per heavy atom. The summed E-state index contributed by atoms with van der Waals surface area (Å²) in [6.45, 7) is 5.75. The van der Waals surface area contributed by atoms with E-state index in [1.165, 1.54) is 11.3 Å². The number of anilines is 1. The molecule has 1 aromatic carbocycles. The first kappa shape index (κ1) is 18.2. The lowest BCUT2D eigenvalue weighted by molar-refractivity contribution is -0.115. The summed E-state index contributed by atoms with van der Waals surface area (Å²) >= 11 is 1.17. The molecule has 7 heteroatoms. The third-order valence-corrected chi connectivity index (χ3v) is 4.32. The summed E-state index contributed by atoms with van der Waals surface area (Å²) in [5.74, 6) is -1.03. The Hall–Kier alpha value is -3.11. The van der Waals surface area contributed by atoms with Crippen molar-refractivity contribution in [3.05, 3.63) is 47.4 Å². The van der Waals surface area contributed by atoms with E-state index in [1.54, 1.807) is 43.3 Å². The molecule has 0 atom stereocenters. The molecule has 0 fully saturated rings. The summed E-state index contributed by atoms with van der Waals surface area (Å²) < 4.78 is 5.42. The number of hydrogen-bond donors (Lipinski definition) is 2. The van der Waals surface area contributed by atoms with Crippen molar-refractivity contribution in [2.24, 2.45) is 0 Å². The predicted molar refractivity (Wildman–Crippen MR) is 96.0 cm³/mol. The molecule has 2 rings (SSSR count). The van der Waals surface area contributed by atoms with Crippen LogP contribution in [0.1, 0.15) is 21.7 Å². The lowest BCUT2D eigenvalue weighted by atomic mass is 10.0. The van der Waals surface area contributed by atoms with Crippen LogP contribution in [0.2, 0.25) is 0 Å². The number of carbonyl (C=O) groups excluding carboxylic acids is 1. The third kappa shape index (κ3) is 4.25. The van der Waals surface area contributed by atoms with Crippen LogP contribution < -0.4 is 10.1 Å². The molecule has 2 N–H and O–H groups in total. The van der Waals surface area contributed by atoms with Crippen LogP contribution in [0.5, 0.6) is 5.75 Å². The van der Waals surface area contributed by atoms with E-state index in [4.69, 9.17) is 10.00 Å². The van der Waals surface area contributed by atoms with Crippen LogP contribution in [0, 0.1) is 18.3 Å². The summed E-state index contributed by atoms with van der Waals surface area (Å²) in [4.78, 5) is 24.1. The van der Waals surface area contributed by atoms with Crippen LogP contribution in [0.4, 0.5) is 5.00 Å². The molecule has 25 heavy (non-hydrogen) atoms. The number of ether oxygens (including phenoxy) is 1. The molecule has 128 valence electrons. The molecule has 1 heterocycles. The maximum atomic E-state index is 11.7. The third-order valence-electron chi connectivity index (χ3n) is 3.30. The maximum absolute atomic E-state index is 11.7. The summed E-state index contributed by atoms with van der Waals surface area (Å²) in [5.41, 5.74) is 1.27. The lowest BCUT2D eigenvalue weighted by Crippen LogP contribution is -2.12. The number of rotatable bonds is 7. The van der Waals surface area contributed by atoms with Gasteiger partial charge in [0.1, 0.15) is 29.3 Å². The minimum Gasteiger partial charge on any atom is -0.490 e. The number of aromatic carboxylic acids is 1. The fourth-order valence-electron chi connectivity index (χ4n) is 2.30. The second-order valence-corrected chi connectivity index (χ2v) is 6.27. The van der Waals surface area contributed by atoms with Crippen molar-refractivity contribution >= 4 is 28.2 Å². The van der Waals surface area contributed by atoms with Crippen LogP contribution in [0.15, 0.2) is 36.9 Å². The molecule has 0 saturated carbocycles. The largest absolute Gasteiger partial charge is 0.490 e. The standard InChI is InChI=1S/C18H16N2O4S/c1-3-10-24-13-6-4-12(5-7-13)15-11(2)25-17(16(15)18(22)23)20-14(21)8-9-19/h3-7H,1,8,10H2,2H3,(H,20,21)(H,22,23). The molecule has 0 radical (unpaired) electrons. The van der Waals surface area contributed by atoms with Crippen molar-refractivity contribution in [1.29, 1.82) is 5.26 Å². The number of nitrogens with zero attached hydrogens (tertiary/aromatic N) is 1. The topological polar surface area (TPSA) is 99.4 Å². The van der Waals surface area contributed by atoms with Crippen LogP contribution in [-0.2, 0) is 4.79 Å². The predicted octanol–water partition coefficient (Wildman–Crippen LogP) is 3.84. The van der Waals surface area contributed by atoms with E-state index in [1.807, 2.05) is 0 Å². The fourth-order valence-corrected chi connectivity index (χ4v) is 3.38. The number of nitriles is 1. The average Bonchev–Trinajstić information content (AvgIpc) is 2.89. The highest BCUT2D eigenvalue weighted by atomic mass is 32.1. The first-order valence-corrected chi connectivity index (χ1v) is 8.17. The minimum atomic E-state index is -1.14. The highest BCUT2D eigenvalue weighted by molar-refractivity contribution is 7.17. The molecule has 0 aliphatic carbocycles. The van der Waals surface area contributed by atoms with Crippen molar-refractivity contribution in [2.75, 3.05) is 11.9 Å². The maximum Gasteiger partial charge on any atom is 0.339 e. The molecule has 0 bridgehead atoms. The van der Waals surface area contributed by atoms with E-state index in [0.29, 0.717) is 23.5 Å². The molecule has 2 aromatic rings. The van der Waals surface area contributed by atoms with Gasteiger partial charge < -0.3 is 15.2 Å². The number of carboxylic acids is 1. The molecule has 0 aliphatic heterocycles. The molecule has 0 spiro atoms. The van der Waals surface area contributed by atoms with Gasteiger partial charge in [-0.1, -0.05) is 24.8 Å². The summed E-state index contributed by atoms with van der Waals surface area (Å²) in [6, 6.07) is 8.76. The number of hydrogen-bond acceptors (Lipinski definition) is 5. The smallest absolute Gasteiger partial charge is 0.339 e. The number of nitrogens with one attached hydrogen (secondary N) is 1. The zero-order valence-corrected chi connectivity index (χ0v) is 14.4. The van der Waals surface area contributed by atoms with E-state index in [0.717, 1.165) is 4.88 Å². The number of thiophene rings is 1. The van der Waals surface area contributed by atoms with Crippen molar-refractivity contribution < 1.29 is 19.4 Å². The van der Waals surface area contributed by atoms with E-state index in [9.17, 15) is 14.7 Å². The molecule has 6 nitrogen and oxygen atoms in total. The Labute approximate surface area is 149 Å². The van der Waals surface area contributed by atoms with Gasteiger partial charge >= 0.3 is 5.97 Å². The van der Waals surface area contributed by atoms with E-state index < -0.39 is 11.9 Å². The molecule has 0 saturated heterocycles. The van der Waals surface area contributed by atoms with E-state index in [2.05, 4.69) is 11.9 Å².